The van der Waals surface area contributed by atoms with Crippen LogP contribution in [0.1, 0.15) is 24.8 Å². The molecule has 1 fully saturated rings. The molecule has 0 bridgehead atoms. The molecular weight excluding hydrogens is 248 g/mol. The number of aliphatic carboxylic acids is 1. The number of rotatable bonds is 2. The number of aromatic amines is 2. The van der Waals surface area contributed by atoms with Gasteiger partial charge in [0.05, 0.1) is 16.4 Å². The molecule has 1 aromatic carbocycles. The van der Waals surface area contributed by atoms with E-state index in [0.717, 1.165) is 6.42 Å². The molecule has 0 atom stereocenters. The average Bonchev–Trinajstić information content (AvgIpc) is 2.29. The number of nitrogens with one attached hydrogen (secondary N) is 2. The lowest BCUT2D eigenvalue weighted by Gasteiger charge is -2.38. The van der Waals surface area contributed by atoms with Crippen molar-refractivity contribution >= 4 is 17.0 Å². The molecular formula is C13H12N2O4. The normalized spacial score (nSPS) is 17.1. The number of benzene rings is 1. The van der Waals surface area contributed by atoms with Crippen LogP contribution in [0.5, 0.6) is 0 Å². The zero-order chi connectivity index (χ0) is 13.6. The Labute approximate surface area is 107 Å². The van der Waals surface area contributed by atoms with Crippen molar-refractivity contribution in [2.75, 3.05) is 0 Å². The third kappa shape index (κ3) is 1.60. The van der Waals surface area contributed by atoms with E-state index in [0.29, 0.717) is 29.4 Å². The lowest BCUT2D eigenvalue weighted by atomic mass is 9.64. The summed E-state index contributed by atoms with van der Waals surface area (Å²) in [6.07, 6.45) is 2.08. The van der Waals surface area contributed by atoms with Gasteiger partial charge in [0.1, 0.15) is 0 Å². The molecule has 1 heterocycles. The first-order chi connectivity index (χ1) is 9.03. The van der Waals surface area contributed by atoms with Gasteiger partial charge in [-0.25, -0.2) is 0 Å². The van der Waals surface area contributed by atoms with Gasteiger partial charge in [0.15, 0.2) is 0 Å². The van der Waals surface area contributed by atoms with Gasteiger partial charge >= 0.3 is 17.1 Å². The SMILES string of the molecule is O=C(O)C1(c2ccc3[nH]c(=O)c(=O)[nH]c3c2)CCC1. The minimum atomic E-state index is -0.846. The predicted molar refractivity (Wildman–Crippen MR) is 68.4 cm³/mol. The van der Waals surface area contributed by atoms with E-state index < -0.39 is 22.5 Å². The molecule has 3 N–H and O–H groups in total. The summed E-state index contributed by atoms with van der Waals surface area (Å²) in [5.74, 6) is -0.843. The second-order valence-corrected chi connectivity index (χ2v) is 4.91. The molecule has 1 saturated carbocycles. The summed E-state index contributed by atoms with van der Waals surface area (Å²) in [6.45, 7) is 0. The molecule has 3 rings (SSSR count). The Bertz CT molecular complexity index is 783. The highest BCUT2D eigenvalue weighted by atomic mass is 16.4. The number of hydrogen-bond acceptors (Lipinski definition) is 3. The standard InChI is InChI=1S/C13H12N2O4/c16-10-11(17)15-9-6-7(2-3-8(9)14-10)13(12(18)19)4-1-5-13/h2-3,6H,1,4-5H2,(H,14,16)(H,15,17)(H,18,19). The van der Waals surface area contributed by atoms with E-state index in [1.54, 1.807) is 18.2 Å². The molecule has 98 valence electrons. The molecule has 1 aromatic heterocycles. The van der Waals surface area contributed by atoms with Crippen LogP contribution in [0, 0.1) is 0 Å². The lowest BCUT2D eigenvalue weighted by Crippen LogP contribution is -2.42. The first kappa shape index (κ1) is 11.7. The fraction of sp³-hybridized carbons (Fsp3) is 0.308. The Balaban J connectivity index is 2.22. The Kier molecular flexibility index (Phi) is 2.35. The van der Waals surface area contributed by atoms with Gasteiger partial charge in [0.2, 0.25) is 0 Å². The minimum absolute atomic E-state index is 0.453. The van der Waals surface area contributed by atoms with Gasteiger partial charge in [0, 0.05) is 0 Å². The summed E-state index contributed by atoms with van der Waals surface area (Å²) in [4.78, 5) is 38.8. The van der Waals surface area contributed by atoms with Crippen LogP contribution in [0.25, 0.3) is 11.0 Å². The number of H-pyrrole nitrogens is 2. The van der Waals surface area contributed by atoms with Crippen molar-refractivity contribution in [3.8, 4) is 0 Å². The van der Waals surface area contributed by atoms with Crippen molar-refractivity contribution in [1.82, 2.24) is 9.97 Å². The molecule has 2 aromatic rings. The van der Waals surface area contributed by atoms with Crippen molar-refractivity contribution in [1.29, 1.82) is 0 Å². The summed E-state index contributed by atoms with van der Waals surface area (Å²) in [7, 11) is 0. The van der Waals surface area contributed by atoms with Gasteiger partial charge in [-0.1, -0.05) is 12.5 Å². The van der Waals surface area contributed by atoms with Gasteiger partial charge in [0.25, 0.3) is 0 Å². The van der Waals surface area contributed by atoms with Crippen LogP contribution < -0.4 is 11.1 Å². The second-order valence-electron chi connectivity index (χ2n) is 4.91. The summed E-state index contributed by atoms with van der Waals surface area (Å²) in [5.41, 5.74) is -0.676. The maximum atomic E-state index is 11.4. The number of carbonyl (C=O) groups is 1. The number of carboxylic acid groups (broad SMARTS) is 1. The van der Waals surface area contributed by atoms with Crippen LogP contribution in [0.2, 0.25) is 0 Å². The summed E-state index contributed by atoms with van der Waals surface area (Å²) in [5, 5.41) is 9.38. The van der Waals surface area contributed by atoms with Crippen LogP contribution in [0.3, 0.4) is 0 Å². The van der Waals surface area contributed by atoms with Crippen molar-refractivity contribution in [3.05, 3.63) is 44.5 Å². The Morgan fingerprint density at radius 3 is 2.26 bits per heavy atom. The number of aromatic nitrogens is 2. The summed E-state index contributed by atoms with van der Waals surface area (Å²) < 4.78 is 0. The summed E-state index contributed by atoms with van der Waals surface area (Å²) >= 11 is 0. The van der Waals surface area contributed by atoms with Crippen molar-refractivity contribution in [3.63, 3.8) is 0 Å². The highest BCUT2D eigenvalue weighted by Gasteiger charge is 2.45. The maximum Gasteiger partial charge on any atom is 0.314 e. The quantitative estimate of drug-likeness (QED) is 0.692. The molecule has 0 saturated heterocycles. The van der Waals surface area contributed by atoms with Crippen LogP contribution in [0.15, 0.2) is 27.8 Å². The van der Waals surface area contributed by atoms with Gasteiger partial charge in [-0.2, -0.15) is 0 Å². The van der Waals surface area contributed by atoms with Crippen LogP contribution in [0.4, 0.5) is 0 Å². The van der Waals surface area contributed by atoms with Gasteiger partial charge in [-0.3, -0.25) is 14.4 Å². The smallest absolute Gasteiger partial charge is 0.314 e. The zero-order valence-corrected chi connectivity index (χ0v) is 10.0. The zero-order valence-electron chi connectivity index (χ0n) is 10.0. The Morgan fingerprint density at radius 2 is 1.74 bits per heavy atom. The van der Waals surface area contributed by atoms with Crippen molar-refractivity contribution in [2.24, 2.45) is 0 Å². The second kappa shape index (κ2) is 3.81. The number of carboxylic acids is 1. The molecule has 1 aliphatic rings. The molecule has 6 nitrogen and oxygen atoms in total. The van der Waals surface area contributed by atoms with E-state index in [9.17, 15) is 19.5 Å². The fourth-order valence-electron chi connectivity index (χ4n) is 2.57. The molecule has 0 spiro atoms. The van der Waals surface area contributed by atoms with Crippen LogP contribution in [-0.4, -0.2) is 21.0 Å². The molecule has 19 heavy (non-hydrogen) atoms. The highest BCUT2D eigenvalue weighted by molar-refractivity contribution is 5.85. The van der Waals surface area contributed by atoms with E-state index in [2.05, 4.69) is 9.97 Å². The number of fused-ring (bicyclic) bond motifs is 1. The highest BCUT2D eigenvalue weighted by Crippen LogP contribution is 2.44. The molecule has 1 aliphatic carbocycles. The van der Waals surface area contributed by atoms with Crippen molar-refractivity contribution < 1.29 is 9.90 Å². The van der Waals surface area contributed by atoms with E-state index in [1.807, 2.05) is 0 Å². The predicted octanol–water partition coefficient (Wildman–Crippen LogP) is 0.723. The maximum absolute atomic E-state index is 11.4. The number of hydrogen-bond donors (Lipinski definition) is 3. The molecule has 0 radical (unpaired) electrons. The van der Waals surface area contributed by atoms with E-state index in [4.69, 9.17) is 0 Å². The van der Waals surface area contributed by atoms with Crippen LogP contribution in [-0.2, 0) is 10.2 Å². The van der Waals surface area contributed by atoms with E-state index in [1.165, 1.54) is 0 Å². The average molecular weight is 260 g/mol. The third-order valence-corrected chi connectivity index (χ3v) is 3.89. The monoisotopic (exact) mass is 260 g/mol. The molecule has 0 unspecified atom stereocenters. The van der Waals surface area contributed by atoms with E-state index in [-0.39, 0.29) is 0 Å². The largest absolute Gasteiger partial charge is 0.481 e. The summed E-state index contributed by atoms with van der Waals surface area (Å²) in [6, 6.07) is 4.97. The first-order valence-electron chi connectivity index (χ1n) is 6.03. The van der Waals surface area contributed by atoms with Gasteiger partial charge in [-0.15, -0.1) is 0 Å². The third-order valence-electron chi connectivity index (χ3n) is 3.89. The Hall–Kier alpha value is -2.37. The van der Waals surface area contributed by atoms with Crippen molar-refractivity contribution in [2.45, 2.75) is 24.7 Å². The first-order valence-corrected chi connectivity index (χ1v) is 6.03. The van der Waals surface area contributed by atoms with Gasteiger partial charge in [-0.05, 0) is 30.5 Å². The fourth-order valence-corrected chi connectivity index (χ4v) is 2.57. The Morgan fingerprint density at radius 1 is 1.11 bits per heavy atom. The molecule has 0 aliphatic heterocycles. The van der Waals surface area contributed by atoms with E-state index >= 15 is 0 Å². The molecule has 0 amide bonds. The van der Waals surface area contributed by atoms with Gasteiger partial charge < -0.3 is 15.1 Å². The molecule has 6 heteroatoms. The minimum Gasteiger partial charge on any atom is -0.481 e. The van der Waals surface area contributed by atoms with Crippen LogP contribution >= 0.6 is 0 Å². The lowest BCUT2D eigenvalue weighted by molar-refractivity contribution is -0.147. The topological polar surface area (TPSA) is 103 Å².